The molecule has 0 aromatic heterocycles. The van der Waals surface area contributed by atoms with Gasteiger partial charge in [0.2, 0.25) is 0 Å². The number of benzene rings is 1. The van der Waals surface area contributed by atoms with Gasteiger partial charge in [0, 0.05) is 25.0 Å². The van der Waals surface area contributed by atoms with Crippen LogP contribution in [0.2, 0.25) is 0 Å². The van der Waals surface area contributed by atoms with Gasteiger partial charge in [-0.15, -0.1) is 0 Å². The highest BCUT2D eigenvalue weighted by molar-refractivity contribution is 5.59. The summed E-state index contributed by atoms with van der Waals surface area (Å²) in [5.41, 5.74) is 8.75. The highest BCUT2D eigenvalue weighted by Crippen LogP contribution is 2.17. The molecule has 0 saturated carbocycles. The van der Waals surface area contributed by atoms with Crippen LogP contribution in [0.5, 0.6) is 0 Å². The lowest BCUT2D eigenvalue weighted by molar-refractivity contribution is 0.129. The molecule has 3 N–H and O–H groups in total. The zero-order chi connectivity index (χ0) is 10.6. The highest BCUT2D eigenvalue weighted by Gasteiger charge is 2.01. The first-order valence-corrected chi connectivity index (χ1v) is 4.76. The van der Waals surface area contributed by atoms with E-state index in [-0.39, 0.29) is 6.10 Å². The first-order valence-electron chi connectivity index (χ1n) is 4.76. The quantitative estimate of drug-likeness (QED) is 0.721. The Kier molecular flexibility index (Phi) is 3.77. The van der Waals surface area contributed by atoms with Crippen LogP contribution in [0.25, 0.3) is 0 Å². The number of nitrogens with one attached hydrogen (secondary N) is 1. The third-order valence-corrected chi connectivity index (χ3v) is 2.24. The van der Waals surface area contributed by atoms with E-state index in [9.17, 15) is 0 Å². The van der Waals surface area contributed by atoms with Crippen molar-refractivity contribution in [1.82, 2.24) is 0 Å². The van der Waals surface area contributed by atoms with Crippen molar-refractivity contribution in [2.24, 2.45) is 0 Å². The SMILES string of the molecule is COC(C)CNc1cc(N)ccc1C. The molecule has 0 amide bonds. The lowest BCUT2D eigenvalue weighted by Crippen LogP contribution is -2.18. The second-order valence-electron chi connectivity index (χ2n) is 3.50. The van der Waals surface area contributed by atoms with Gasteiger partial charge in [0.15, 0.2) is 0 Å². The fourth-order valence-corrected chi connectivity index (χ4v) is 1.17. The van der Waals surface area contributed by atoms with Crippen molar-refractivity contribution in [2.45, 2.75) is 20.0 Å². The number of anilines is 2. The molecular weight excluding hydrogens is 176 g/mol. The van der Waals surface area contributed by atoms with E-state index in [4.69, 9.17) is 10.5 Å². The van der Waals surface area contributed by atoms with Crippen LogP contribution in [0.3, 0.4) is 0 Å². The minimum Gasteiger partial charge on any atom is -0.399 e. The van der Waals surface area contributed by atoms with Crippen molar-refractivity contribution >= 4 is 11.4 Å². The van der Waals surface area contributed by atoms with Gasteiger partial charge >= 0.3 is 0 Å². The summed E-state index contributed by atoms with van der Waals surface area (Å²) in [6, 6.07) is 5.85. The van der Waals surface area contributed by atoms with E-state index in [2.05, 4.69) is 12.2 Å². The molecule has 0 saturated heterocycles. The summed E-state index contributed by atoms with van der Waals surface area (Å²) in [5, 5.41) is 3.30. The zero-order valence-corrected chi connectivity index (χ0v) is 9.00. The summed E-state index contributed by atoms with van der Waals surface area (Å²) >= 11 is 0. The van der Waals surface area contributed by atoms with Crippen molar-refractivity contribution < 1.29 is 4.74 Å². The molecule has 14 heavy (non-hydrogen) atoms. The number of nitrogen functional groups attached to an aromatic ring is 1. The van der Waals surface area contributed by atoms with Crippen LogP contribution in [-0.2, 0) is 4.74 Å². The number of methoxy groups -OCH3 is 1. The zero-order valence-electron chi connectivity index (χ0n) is 9.00. The van der Waals surface area contributed by atoms with E-state index in [0.717, 1.165) is 17.9 Å². The maximum absolute atomic E-state index is 5.70. The average molecular weight is 194 g/mol. The van der Waals surface area contributed by atoms with Gasteiger partial charge in [-0.2, -0.15) is 0 Å². The first-order chi connectivity index (χ1) is 6.63. The molecule has 0 fully saturated rings. The Labute approximate surface area is 85.3 Å². The Balaban J connectivity index is 2.62. The number of rotatable bonds is 4. The fraction of sp³-hybridized carbons (Fsp3) is 0.455. The van der Waals surface area contributed by atoms with Crippen LogP contribution in [0.4, 0.5) is 11.4 Å². The molecule has 78 valence electrons. The molecule has 1 unspecified atom stereocenters. The third kappa shape index (κ3) is 2.92. The summed E-state index contributed by atoms with van der Waals surface area (Å²) in [7, 11) is 1.71. The Hall–Kier alpha value is -1.22. The van der Waals surface area contributed by atoms with Crippen LogP contribution >= 0.6 is 0 Å². The summed E-state index contributed by atoms with van der Waals surface area (Å²) in [6.45, 7) is 4.87. The molecule has 3 heteroatoms. The van der Waals surface area contributed by atoms with Gasteiger partial charge in [0.1, 0.15) is 0 Å². The van der Waals surface area contributed by atoms with Gasteiger partial charge in [-0.25, -0.2) is 0 Å². The third-order valence-electron chi connectivity index (χ3n) is 2.24. The fourth-order valence-electron chi connectivity index (χ4n) is 1.17. The standard InChI is InChI=1S/C11H18N2O/c1-8-4-5-10(12)6-11(8)13-7-9(2)14-3/h4-6,9,13H,7,12H2,1-3H3. The smallest absolute Gasteiger partial charge is 0.0715 e. The molecule has 3 nitrogen and oxygen atoms in total. The Morgan fingerprint density at radius 1 is 1.50 bits per heavy atom. The Morgan fingerprint density at radius 2 is 2.21 bits per heavy atom. The van der Waals surface area contributed by atoms with Crippen LogP contribution in [0.1, 0.15) is 12.5 Å². The van der Waals surface area contributed by atoms with Crippen LogP contribution in [0, 0.1) is 6.92 Å². The average Bonchev–Trinajstić information content (AvgIpc) is 2.19. The minimum atomic E-state index is 0.204. The number of aryl methyl sites for hydroxylation is 1. The maximum atomic E-state index is 5.70. The van der Waals surface area contributed by atoms with Crippen LogP contribution < -0.4 is 11.1 Å². The Bertz CT molecular complexity index is 299. The van der Waals surface area contributed by atoms with Crippen LogP contribution in [-0.4, -0.2) is 19.8 Å². The van der Waals surface area contributed by atoms with E-state index in [1.165, 1.54) is 5.56 Å². The van der Waals surface area contributed by atoms with Gasteiger partial charge in [0.05, 0.1) is 6.10 Å². The van der Waals surface area contributed by atoms with Crippen molar-refractivity contribution in [2.75, 3.05) is 24.7 Å². The lowest BCUT2D eigenvalue weighted by atomic mass is 10.2. The van der Waals surface area contributed by atoms with Gasteiger partial charge in [0.25, 0.3) is 0 Å². The second kappa shape index (κ2) is 4.86. The van der Waals surface area contributed by atoms with Gasteiger partial charge < -0.3 is 15.8 Å². The normalized spacial score (nSPS) is 12.5. The van der Waals surface area contributed by atoms with Crippen molar-refractivity contribution in [3.05, 3.63) is 23.8 Å². The Morgan fingerprint density at radius 3 is 2.86 bits per heavy atom. The van der Waals surface area contributed by atoms with Crippen molar-refractivity contribution in [1.29, 1.82) is 0 Å². The molecule has 1 aromatic rings. The van der Waals surface area contributed by atoms with Gasteiger partial charge in [-0.3, -0.25) is 0 Å². The minimum absolute atomic E-state index is 0.204. The molecule has 1 rings (SSSR count). The predicted octanol–water partition coefficient (Wildman–Crippen LogP) is 2.02. The van der Waals surface area contributed by atoms with E-state index in [1.807, 2.05) is 25.1 Å². The number of nitrogens with two attached hydrogens (primary N) is 1. The molecular formula is C11H18N2O. The highest BCUT2D eigenvalue weighted by atomic mass is 16.5. The summed E-state index contributed by atoms with van der Waals surface area (Å²) in [5.74, 6) is 0. The summed E-state index contributed by atoms with van der Waals surface area (Å²) in [4.78, 5) is 0. The molecule has 0 spiro atoms. The molecule has 0 bridgehead atoms. The molecule has 0 radical (unpaired) electrons. The second-order valence-corrected chi connectivity index (χ2v) is 3.50. The monoisotopic (exact) mass is 194 g/mol. The van der Waals surface area contributed by atoms with E-state index >= 15 is 0 Å². The summed E-state index contributed by atoms with van der Waals surface area (Å²) in [6.07, 6.45) is 0.204. The largest absolute Gasteiger partial charge is 0.399 e. The van der Waals surface area contributed by atoms with Gasteiger partial charge in [-0.1, -0.05) is 6.07 Å². The molecule has 0 aliphatic heterocycles. The molecule has 0 aliphatic carbocycles. The van der Waals surface area contributed by atoms with E-state index in [1.54, 1.807) is 7.11 Å². The number of ether oxygens (including phenoxy) is 1. The molecule has 1 atom stereocenters. The molecule has 0 heterocycles. The number of hydrogen-bond donors (Lipinski definition) is 2. The summed E-state index contributed by atoms with van der Waals surface area (Å²) < 4.78 is 5.15. The lowest BCUT2D eigenvalue weighted by Gasteiger charge is -2.14. The molecule has 0 aliphatic rings. The van der Waals surface area contributed by atoms with Crippen LogP contribution in [0.15, 0.2) is 18.2 Å². The topological polar surface area (TPSA) is 47.3 Å². The van der Waals surface area contributed by atoms with Gasteiger partial charge in [-0.05, 0) is 31.5 Å². The van der Waals surface area contributed by atoms with Crippen molar-refractivity contribution in [3.8, 4) is 0 Å². The maximum Gasteiger partial charge on any atom is 0.0715 e. The number of hydrogen-bond acceptors (Lipinski definition) is 3. The van der Waals surface area contributed by atoms with Crippen molar-refractivity contribution in [3.63, 3.8) is 0 Å². The first kappa shape index (κ1) is 10.9. The predicted molar refractivity (Wildman–Crippen MR) is 60.6 cm³/mol. The van der Waals surface area contributed by atoms with E-state index in [0.29, 0.717) is 0 Å². The van der Waals surface area contributed by atoms with E-state index < -0.39 is 0 Å². The molecule has 1 aromatic carbocycles.